The molecule has 20 heavy (non-hydrogen) atoms. The highest BCUT2D eigenvalue weighted by Crippen LogP contribution is 2.34. The molecule has 0 bridgehead atoms. The Labute approximate surface area is 122 Å². The molecule has 2 aromatic heterocycles. The molecule has 0 spiro atoms. The molecule has 2 aromatic rings. The highest BCUT2D eigenvalue weighted by Gasteiger charge is 2.20. The van der Waals surface area contributed by atoms with E-state index in [2.05, 4.69) is 17.2 Å². The van der Waals surface area contributed by atoms with Gasteiger partial charge >= 0.3 is 0 Å². The van der Waals surface area contributed by atoms with E-state index in [0.29, 0.717) is 5.95 Å². The summed E-state index contributed by atoms with van der Waals surface area (Å²) in [4.78, 5) is 19.6. The minimum Gasteiger partial charge on any atom is -0.356 e. The van der Waals surface area contributed by atoms with E-state index in [0.717, 1.165) is 42.4 Å². The quantitative estimate of drug-likeness (QED) is 0.881. The van der Waals surface area contributed by atoms with E-state index in [1.807, 2.05) is 7.05 Å². The molecule has 1 aliphatic rings. The van der Waals surface area contributed by atoms with Gasteiger partial charge in [0.15, 0.2) is 0 Å². The van der Waals surface area contributed by atoms with Crippen molar-refractivity contribution in [3.63, 3.8) is 0 Å². The lowest BCUT2D eigenvalue weighted by atomic mass is 9.97. The fourth-order valence-electron chi connectivity index (χ4n) is 2.82. The fraction of sp³-hybridized carbons (Fsp3) is 0.600. The van der Waals surface area contributed by atoms with E-state index in [9.17, 15) is 4.79 Å². The summed E-state index contributed by atoms with van der Waals surface area (Å²) < 4.78 is 1.67. The third-order valence-corrected chi connectivity index (χ3v) is 5.20. The summed E-state index contributed by atoms with van der Waals surface area (Å²) >= 11 is 1.71. The van der Waals surface area contributed by atoms with Crippen molar-refractivity contribution in [3.8, 4) is 0 Å². The van der Waals surface area contributed by atoms with Gasteiger partial charge in [0.05, 0.1) is 5.39 Å². The standard InChI is InChI=1S/C15H21N3OS/c1-3-4-9-16-15-17-13-12(14(19)18(15)2)10-7-5-6-8-11(10)20-13/h3-9H2,1-2H3,(H,16,17). The molecule has 0 unspecified atom stereocenters. The monoisotopic (exact) mass is 291 g/mol. The Bertz CT molecular complexity index is 686. The predicted molar refractivity (Wildman–Crippen MR) is 84.9 cm³/mol. The van der Waals surface area contributed by atoms with E-state index < -0.39 is 0 Å². The number of hydrogen-bond acceptors (Lipinski definition) is 4. The summed E-state index contributed by atoms with van der Waals surface area (Å²) in [5, 5.41) is 4.15. The van der Waals surface area contributed by atoms with Crippen LogP contribution in [-0.2, 0) is 19.9 Å². The number of unbranched alkanes of at least 4 members (excludes halogenated alkanes) is 1. The summed E-state index contributed by atoms with van der Waals surface area (Å²) in [6, 6.07) is 0. The molecule has 2 heterocycles. The van der Waals surface area contributed by atoms with Gasteiger partial charge in [0, 0.05) is 18.5 Å². The number of nitrogens with one attached hydrogen (secondary N) is 1. The van der Waals surface area contributed by atoms with E-state index in [1.54, 1.807) is 15.9 Å². The van der Waals surface area contributed by atoms with Gasteiger partial charge in [-0.05, 0) is 37.7 Å². The SMILES string of the molecule is CCCCNc1nc2sc3c(c2c(=O)n1C)CCCC3. The number of thiophene rings is 1. The number of aromatic nitrogens is 2. The van der Waals surface area contributed by atoms with Gasteiger partial charge < -0.3 is 5.32 Å². The van der Waals surface area contributed by atoms with Crippen LogP contribution in [0.5, 0.6) is 0 Å². The van der Waals surface area contributed by atoms with Crippen molar-refractivity contribution < 1.29 is 0 Å². The molecular weight excluding hydrogens is 270 g/mol. The van der Waals surface area contributed by atoms with Gasteiger partial charge in [-0.3, -0.25) is 9.36 Å². The smallest absolute Gasteiger partial charge is 0.263 e. The maximum Gasteiger partial charge on any atom is 0.263 e. The van der Waals surface area contributed by atoms with Gasteiger partial charge in [-0.2, -0.15) is 0 Å². The van der Waals surface area contributed by atoms with E-state index >= 15 is 0 Å². The van der Waals surface area contributed by atoms with Crippen LogP contribution < -0.4 is 10.9 Å². The Kier molecular flexibility index (Phi) is 3.78. The van der Waals surface area contributed by atoms with E-state index in [4.69, 9.17) is 0 Å². The molecule has 4 nitrogen and oxygen atoms in total. The third kappa shape index (κ3) is 2.24. The van der Waals surface area contributed by atoms with Gasteiger partial charge in [-0.15, -0.1) is 11.3 Å². The Balaban J connectivity index is 2.08. The van der Waals surface area contributed by atoms with Gasteiger partial charge in [-0.25, -0.2) is 4.98 Å². The van der Waals surface area contributed by atoms with Gasteiger partial charge in [0.2, 0.25) is 5.95 Å². The predicted octanol–water partition coefficient (Wildman–Crippen LogP) is 3.09. The van der Waals surface area contributed by atoms with Crippen LogP contribution in [0.3, 0.4) is 0 Å². The Morgan fingerprint density at radius 1 is 1.35 bits per heavy atom. The Morgan fingerprint density at radius 3 is 2.95 bits per heavy atom. The maximum atomic E-state index is 12.6. The molecule has 0 amide bonds. The molecule has 0 fully saturated rings. The average molecular weight is 291 g/mol. The number of anilines is 1. The van der Waals surface area contributed by atoms with Crippen LogP contribution in [0.4, 0.5) is 5.95 Å². The first kappa shape index (κ1) is 13.6. The molecule has 0 radical (unpaired) electrons. The van der Waals surface area contributed by atoms with Crippen molar-refractivity contribution in [2.75, 3.05) is 11.9 Å². The number of fused-ring (bicyclic) bond motifs is 3. The summed E-state index contributed by atoms with van der Waals surface area (Å²) in [7, 11) is 1.82. The zero-order chi connectivity index (χ0) is 14.1. The summed E-state index contributed by atoms with van der Waals surface area (Å²) in [6.07, 6.45) is 6.80. The van der Waals surface area contributed by atoms with Crippen LogP contribution in [0.15, 0.2) is 4.79 Å². The first-order chi connectivity index (χ1) is 9.72. The number of hydrogen-bond donors (Lipinski definition) is 1. The maximum absolute atomic E-state index is 12.6. The number of nitrogens with zero attached hydrogens (tertiary/aromatic N) is 2. The minimum absolute atomic E-state index is 0.105. The summed E-state index contributed by atoms with van der Waals surface area (Å²) in [5.41, 5.74) is 1.37. The van der Waals surface area contributed by atoms with Crippen LogP contribution in [0.1, 0.15) is 43.0 Å². The van der Waals surface area contributed by atoms with Gasteiger partial charge in [-0.1, -0.05) is 13.3 Å². The zero-order valence-corrected chi connectivity index (χ0v) is 13.0. The van der Waals surface area contributed by atoms with E-state index in [1.165, 1.54) is 23.3 Å². The lowest BCUT2D eigenvalue weighted by molar-refractivity contribution is 0.699. The van der Waals surface area contributed by atoms with Crippen LogP contribution in [0, 0.1) is 0 Å². The summed E-state index contributed by atoms with van der Waals surface area (Å²) in [6.45, 7) is 3.03. The fourth-order valence-corrected chi connectivity index (χ4v) is 4.07. The van der Waals surface area contributed by atoms with Crippen molar-refractivity contribution in [1.82, 2.24) is 9.55 Å². The second-order valence-electron chi connectivity index (χ2n) is 5.47. The minimum atomic E-state index is 0.105. The molecule has 0 atom stereocenters. The molecule has 1 aliphatic carbocycles. The molecule has 0 saturated carbocycles. The highest BCUT2D eigenvalue weighted by molar-refractivity contribution is 7.18. The van der Waals surface area contributed by atoms with Crippen molar-refractivity contribution >= 4 is 27.5 Å². The largest absolute Gasteiger partial charge is 0.356 e. The number of rotatable bonds is 4. The van der Waals surface area contributed by atoms with Crippen LogP contribution in [0.25, 0.3) is 10.2 Å². The molecule has 3 rings (SSSR count). The van der Waals surface area contributed by atoms with E-state index in [-0.39, 0.29) is 5.56 Å². The van der Waals surface area contributed by atoms with Gasteiger partial charge in [0.1, 0.15) is 4.83 Å². The number of aryl methyl sites for hydroxylation is 2. The topological polar surface area (TPSA) is 46.9 Å². The normalized spacial score (nSPS) is 14.5. The second-order valence-corrected chi connectivity index (χ2v) is 6.55. The first-order valence-corrected chi connectivity index (χ1v) is 8.29. The van der Waals surface area contributed by atoms with Crippen LogP contribution >= 0.6 is 11.3 Å². The first-order valence-electron chi connectivity index (χ1n) is 7.47. The van der Waals surface area contributed by atoms with Gasteiger partial charge in [0.25, 0.3) is 5.56 Å². The lowest BCUT2D eigenvalue weighted by Crippen LogP contribution is -2.23. The molecular formula is C15H21N3OS. The Morgan fingerprint density at radius 2 is 2.15 bits per heavy atom. The van der Waals surface area contributed by atoms with Crippen molar-refractivity contribution in [2.24, 2.45) is 7.05 Å². The molecule has 0 saturated heterocycles. The van der Waals surface area contributed by atoms with Crippen molar-refractivity contribution in [1.29, 1.82) is 0 Å². The van der Waals surface area contributed by atoms with Crippen LogP contribution in [-0.4, -0.2) is 16.1 Å². The van der Waals surface area contributed by atoms with Crippen molar-refractivity contribution in [3.05, 3.63) is 20.8 Å². The third-order valence-electron chi connectivity index (χ3n) is 4.01. The summed E-state index contributed by atoms with van der Waals surface area (Å²) in [5.74, 6) is 0.703. The Hall–Kier alpha value is -1.36. The van der Waals surface area contributed by atoms with Crippen molar-refractivity contribution in [2.45, 2.75) is 45.4 Å². The molecule has 1 N–H and O–H groups in total. The molecule has 0 aromatic carbocycles. The molecule has 0 aliphatic heterocycles. The second kappa shape index (κ2) is 5.56. The van der Waals surface area contributed by atoms with Crippen LogP contribution in [0.2, 0.25) is 0 Å². The zero-order valence-electron chi connectivity index (χ0n) is 12.2. The average Bonchev–Trinajstić information content (AvgIpc) is 2.82. The molecule has 5 heteroatoms. The lowest BCUT2D eigenvalue weighted by Gasteiger charge is -2.11. The highest BCUT2D eigenvalue weighted by atomic mass is 32.1. The molecule has 108 valence electrons.